The Morgan fingerprint density at radius 1 is 1.43 bits per heavy atom. The van der Waals surface area contributed by atoms with Gasteiger partial charge in [-0.2, -0.15) is 0 Å². The molecular weight excluding hydrogens is 183 g/mol. The number of halogens is 1. The zero-order chi connectivity index (χ0) is 10.1. The van der Waals surface area contributed by atoms with E-state index >= 15 is 0 Å². The molecule has 0 fully saturated rings. The standard InChI is InChI=1S/C10H9FN2O/c1-7-12-4-5-13(7)10-3-2-8(14)6-9(10)11/h2-6,14H,1H3. The molecule has 0 aliphatic carbocycles. The Balaban J connectivity index is 2.58. The van der Waals surface area contributed by atoms with Gasteiger partial charge in [0.05, 0.1) is 5.69 Å². The number of phenolic OH excluding ortho intramolecular Hbond substituents is 1. The van der Waals surface area contributed by atoms with Crippen LogP contribution in [-0.2, 0) is 0 Å². The molecule has 0 atom stereocenters. The van der Waals surface area contributed by atoms with Gasteiger partial charge in [0, 0.05) is 18.5 Å². The van der Waals surface area contributed by atoms with Crippen LogP contribution in [0, 0.1) is 12.7 Å². The Kier molecular flexibility index (Phi) is 1.96. The molecular formula is C10H9FN2O. The molecule has 3 nitrogen and oxygen atoms in total. The second-order valence-corrected chi connectivity index (χ2v) is 2.98. The fourth-order valence-electron chi connectivity index (χ4n) is 1.32. The summed E-state index contributed by atoms with van der Waals surface area (Å²) in [6, 6.07) is 4.03. The highest BCUT2D eigenvalue weighted by Gasteiger charge is 2.06. The molecule has 0 unspecified atom stereocenters. The molecule has 72 valence electrons. The third-order valence-electron chi connectivity index (χ3n) is 2.02. The molecule has 1 aromatic heterocycles. The van der Waals surface area contributed by atoms with Crippen LogP contribution in [0.5, 0.6) is 5.75 Å². The van der Waals surface area contributed by atoms with E-state index in [0.717, 1.165) is 6.07 Å². The number of phenols is 1. The van der Waals surface area contributed by atoms with E-state index in [1.54, 1.807) is 23.9 Å². The van der Waals surface area contributed by atoms with Gasteiger partial charge in [-0.05, 0) is 19.1 Å². The van der Waals surface area contributed by atoms with Crippen LogP contribution in [0.3, 0.4) is 0 Å². The fraction of sp³-hybridized carbons (Fsp3) is 0.100. The van der Waals surface area contributed by atoms with Crippen molar-refractivity contribution in [3.8, 4) is 11.4 Å². The van der Waals surface area contributed by atoms with Crippen LogP contribution in [-0.4, -0.2) is 14.7 Å². The van der Waals surface area contributed by atoms with Gasteiger partial charge in [0.15, 0.2) is 5.82 Å². The molecule has 0 spiro atoms. The van der Waals surface area contributed by atoms with Crippen LogP contribution in [0.4, 0.5) is 4.39 Å². The number of aromatic hydroxyl groups is 1. The summed E-state index contributed by atoms with van der Waals surface area (Å²) in [7, 11) is 0. The highest BCUT2D eigenvalue weighted by atomic mass is 19.1. The molecule has 1 N–H and O–H groups in total. The minimum Gasteiger partial charge on any atom is -0.508 e. The third kappa shape index (κ3) is 1.35. The van der Waals surface area contributed by atoms with Crippen LogP contribution in [0.25, 0.3) is 5.69 Å². The molecule has 0 saturated heterocycles. The Hall–Kier alpha value is -1.84. The summed E-state index contributed by atoms with van der Waals surface area (Å²) >= 11 is 0. The summed E-state index contributed by atoms with van der Waals surface area (Å²) in [5.74, 6) is 0.157. The molecule has 4 heteroatoms. The maximum Gasteiger partial charge on any atom is 0.150 e. The number of rotatable bonds is 1. The molecule has 14 heavy (non-hydrogen) atoms. The van der Waals surface area contributed by atoms with Crippen molar-refractivity contribution in [2.24, 2.45) is 0 Å². The number of aromatic nitrogens is 2. The summed E-state index contributed by atoms with van der Waals surface area (Å²) in [5.41, 5.74) is 0.387. The van der Waals surface area contributed by atoms with Crippen molar-refractivity contribution in [1.29, 1.82) is 0 Å². The van der Waals surface area contributed by atoms with E-state index in [1.807, 2.05) is 0 Å². The van der Waals surface area contributed by atoms with Crippen molar-refractivity contribution in [2.75, 3.05) is 0 Å². The number of benzene rings is 1. The Morgan fingerprint density at radius 3 is 2.79 bits per heavy atom. The molecule has 0 aliphatic heterocycles. The van der Waals surface area contributed by atoms with Crippen molar-refractivity contribution < 1.29 is 9.50 Å². The lowest BCUT2D eigenvalue weighted by Gasteiger charge is -2.06. The van der Waals surface area contributed by atoms with E-state index in [1.165, 1.54) is 12.1 Å². The second kappa shape index (κ2) is 3.14. The van der Waals surface area contributed by atoms with Crippen molar-refractivity contribution >= 4 is 0 Å². The van der Waals surface area contributed by atoms with Crippen molar-refractivity contribution in [3.63, 3.8) is 0 Å². The lowest BCUT2D eigenvalue weighted by Crippen LogP contribution is -1.98. The minimum absolute atomic E-state index is 0.0796. The highest BCUT2D eigenvalue weighted by molar-refractivity contribution is 5.39. The summed E-state index contributed by atoms with van der Waals surface area (Å²) in [4.78, 5) is 3.99. The van der Waals surface area contributed by atoms with E-state index in [9.17, 15) is 4.39 Å². The van der Waals surface area contributed by atoms with Gasteiger partial charge in [0.2, 0.25) is 0 Å². The predicted molar refractivity (Wildman–Crippen MR) is 49.9 cm³/mol. The number of aryl methyl sites for hydroxylation is 1. The summed E-state index contributed by atoms with van der Waals surface area (Å²) in [6.45, 7) is 1.78. The number of hydrogen-bond acceptors (Lipinski definition) is 2. The minimum atomic E-state index is -0.467. The maximum atomic E-state index is 13.4. The van der Waals surface area contributed by atoms with Gasteiger partial charge in [-0.15, -0.1) is 0 Å². The predicted octanol–water partition coefficient (Wildman–Crippen LogP) is 2.03. The Bertz CT molecular complexity index is 465. The molecule has 1 aromatic carbocycles. The molecule has 0 amide bonds. The summed E-state index contributed by atoms with van der Waals surface area (Å²) < 4.78 is 15.0. The number of imidazole rings is 1. The van der Waals surface area contributed by atoms with Gasteiger partial charge >= 0.3 is 0 Å². The smallest absolute Gasteiger partial charge is 0.150 e. The van der Waals surface area contributed by atoms with Gasteiger partial charge in [-0.1, -0.05) is 0 Å². The molecule has 0 bridgehead atoms. The second-order valence-electron chi connectivity index (χ2n) is 2.98. The van der Waals surface area contributed by atoms with Crippen molar-refractivity contribution in [2.45, 2.75) is 6.92 Å². The zero-order valence-corrected chi connectivity index (χ0v) is 7.61. The van der Waals surface area contributed by atoms with Gasteiger partial charge in [0.25, 0.3) is 0 Å². The molecule has 0 aliphatic rings. The lowest BCUT2D eigenvalue weighted by molar-refractivity contribution is 0.468. The van der Waals surface area contributed by atoms with Crippen LogP contribution in [0.2, 0.25) is 0 Å². The van der Waals surface area contributed by atoms with Gasteiger partial charge in [-0.25, -0.2) is 9.37 Å². The average Bonchev–Trinajstić information content (AvgIpc) is 2.52. The average molecular weight is 192 g/mol. The van der Waals surface area contributed by atoms with Gasteiger partial charge < -0.3 is 9.67 Å². The topological polar surface area (TPSA) is 38.0 Å². The first-order valence-corrected chi connectivity index (χ1v) is 4.17. The van der Waals surface area contributed by atoms with Gasteiger partial charge in [-0.3, -0.25) is 0 Å². The summed E-state index contributed by atoms with van der Waals surface area (Å²) in [5, 5.41) is 9.04. The number of nitrogens with zero attached hydrogens (tertiary/aromatic N) is 2. The van der Waals surface area contributed by atoms with E-state index in [-0.39, 0.29) is 5.75 Å². The molecule has 0 radical (unpaired) electrons. The Morgan fingerprint density at radius 2 is 2.21 bits per heavy atom. The molecule has 2 rings (SSSR count). The first-order chi connectivity index (χ1) is 6.68. The van der Waals surface area contributed by atoms with Gasteiger partial charge in [0.1, 0.15) is 11.6 Å². The first-order valence-electron chi connectivity index (χ1n) is 4.17. The first kappa shape index (κ1) is 8.74. The molecule has 2 aromatic rings. The monoisotopic (exact) mass is 192 g/mol. The van der Waals surface area contributed by atoms with E-state index < -0.39 is 5.82 Å². The normalized spacial score (nSPS) is 10.4. The van der Waals surface area contributed by atoms with Crippen molar-refractivity contribution in [1.82, 2.24) is 9.55 Å². The largest absolute Gasteiger partial charge is 0.508 e. The van der Waals surface area contributed by atoms with E-state index in [4.69, 9.17) is 5.11 Å². The SMILES string of the molecule is Cc1nccn1-c1ccc(O)cc1F. The van der Waals surface area contributed by atoms with Crippen LogP contribution in [0.1, 0.15) is 5.82 Å². The quantitative estimate of drug-likeness (QED) is 0.750. The van der Waals surface area contributed by atoms with Crippen LogP contribution in [0.15, 0.2) is 30.6 Å². The maximum absolute atomic E-state index is 13.4. The van der Waals surface area contributed by atoms with Crippen LogP contribution >= 0.6 is 0 Å². The van der Waals surface area contributed by atoms with Crippen LogP contribution < -0.4 is 0 Å². The molecule has 1 heterocycles. The van der Waals surface area contributed by atoms with E-state index in [0.29, 0.717) is 11.5 Å². The number of hydrogen-bond donors (Lipinski definition) is 1. The summed E-state index contributed by atoms with van der Waals surface area (Å²) in [6.07, 6.45) is 3.27. The lowest BCUT2D eigenvalue weighted by atomic mass is 10.3. The highest BCUT2D eigenvalue weighted by Crippen LogP contribution is 2.19. The third-order valence-corrected chi connectivity index (χ3v) is 2.02. The van der Waals surface area contributed by atoms with Crippen molar-refractivity contribution in [3.05, 3.63) is 42.2 Å². The fourth-order valence-corrected chi connectivity index (χ4v) is 1.32. The van der Waals surface area contributed by atoms with E-state index in [2.05, 4.69) is 4.98 Å². The Labute approximate surface area is 80.5 Å². The zero-order valence-electron chi connectivity index (χ0n) is 7.61. The molecule has 0 saturated carbocycles.